The summed E-state index contributed by atoms with van der Waals surface area (Å²) in [5.74, 6) is 0.00171. The van der Waals surface area contributed by atoms with Crippen LogP contribution >= 0.6 is 0 Å². The van der Waals surface area contributed by atoms with Gasteiger partial charge in [0.2, 0.25) is 5.91 Å². The number of carbonyl (C=O) groups is 1. The molecule has 1 aliphatic rings. The van der Waals surface area contributed by atoms with Gasteiger partial charge in [-0.1, -0.05) is 0 Å². The van der Waals surface area contributed by atoms with Crippen LogP contribution in [-0.2, 0) is 9.53 Å². The minimum atomic E-state index is -0.192. The van der Waals surface area contributed by atoms with E-state index in [2.05, 4.69) is 10.6 Å². The molecule has 100 valence electrons. The van der Waals surface area contributed by atoms with E-state index in [1.54, 1.807) is 7.11 Å². The fraction of sp³-hybridized carbons (Fsp3) is 0.917. The molecule has 5 nitrogen and oxygen atoms in total. The molecular weight excluding hydrogens is 220 g/mol. The standard InChI is InChI=1S/C12H24N2O3/c1-10(11(16)13-6-8-17-2)14-9-12(3-4-12)5-7-15/h10,14-15H,3-9H2,1-2H3,(H,13,16). The predicted molar refractivity (Wildman–Crippen MR) is 65.7 cm³/mol. The number of ether oxygens (including phenoxy) is 1. The summed E-state index contributed by atoms with van der Waals surface area (Å²) in [6.07, 6.45) is 3.13. The van der Waals surface area contributed by atoms with Gasteiger partial charge < -0.3 is 20.5 Å². The molecule has 17 heavy (non-hydrogen) atoms. The molecule has 1 saturated carbocycles. The van der Waals surface area contributed by atoms with Gasteiger partial charge in [-0.25, -0.2) is 0 Å². The van der Waals surface area contributed by atoms with Crippen molar-refractivity contribution in [2.75, 3.05) is 33.4 Å². The van der Waals surface area contributed by atoms with E-state index in [4.69, 9.17) is 9.84 Å². The number of rotatable bonds is 9. The summed E-state index contributed by atoms with van der Waals surface area (Å²) in [6.45, 7) is 3.98. The molecule has 0 radical (unpaired) electrons. The average molecular weight is 244 g/mol. The Hall–Kier alpha value is -0.650. The lowest BCUT2D eigenvalue weighted by Gasteiger charge is -2.19. The van der Waals surface area contributed by atoms with Crippen LogP contribution in [0.25, 0.3) is 0 Å². The number of methoxy groups -OCH3 is 1. The third-order valence-electron chi connectivity index (χ3n) is 3.38. The van der Waals surface area contributed by atoms with Crippen molar-refractivity contribution in [2.24, 2.45) is 5.41 Å². The van der Waals surface area contributed by atoms with Crippen LogP contribution in [-0.4, -0.2) is 50.5 Å². The van der Waals surface area contributed by atoms with Crippen molar-refractivity contribution in [1.82, 2.24) is 10.6 Å². The molecule has 0 saturated heterocycles. The maximum Gasteiger partial charge on any atom is 0.236 e. The van der Waals surface area contributed by atoms with Crippen molar-refractivity contribution >= 4 is 5.91 Å². The molecule has 0 aromatic heterocycles. The van der Waals surface area contributed by atoms with Crippen molar-refractivity contribution in [3.63, 3.8) is 0 Å². The van der Waals surface area contributed by atoms with Gasteiger partial charge in [0.25, 0.3) is 0 Å². The van der Waals surface area contributed by atoms with Crippen molar-refractivity contribution in [3.8, 4) is 0 Å². The fourth-order valence-corrected chi connectivity index (χ4v) is 1.82. The van der Waals surface area contributed by atoms with E-state index in [0.29, 0.717) is 13.2 Å². The Labute approximate surface area is 103 Å². The van der Waals surface area contributed by atoms with Crippen LogP contribution in [0.3, 0.4) is 0 Å². The summed E-state index contributed by atoms with van der Waals surface area (Å²) in [5.41, 5.74) is 0.246. The first kappa shape index (κ1) is 14.4. The second kappa shape index (κ2) is 6.93. The zero-order valence-corrected chi connectivity index (χ0v) is 10.8. The summed E-state index contributed by atoms with van der Waals surface area (Å²) >= 11 is 0. The fourth-order valence-electron chi connectivity index (χ4n) is 1.82. The molecule has 5 heteroatoms. The average Bonchev–Trinajstić information content (AvgIpc) is 3.07. The largest absolute Gasteiger partial charge is 0.396 e. The van der Waals surface area contributed by atoms with Gasteiger partial charge in [-0.3, -0.25) is 4.79 Å². The van der Waals surface area contributed by atoms with Gasteiger partial charge in [0, 0.05) is 26.8 Å². The number of aliphatic hydroxyl groups is 1. The highest BCUT2D eigenvalue weighted by molar-refractivity contribution is 5.81. The highest BCUT2D eigenvalue weighted by Crippen LogP contribution is 2.47. The Morgan fingerprint density at radius 3 is 2.76 bits per heavy atom. The van der Waals surface area contributed by atoms with Gasteiger partial charge in [-0.05, 0) is 31.6 Å². The lowest BCUT2D eigenvalue weighted by molar-refractivity contribution is -0.123. The molecule has 1 aliphatic carbocycles. The first-order valence-corrected chi connectivity index (χ1v) is 6.24. The number of aliphatic hydroxyl groups excluding tert-OH is 1. The molecule has 1 rings (SSSR count). The Kier molecular flexibility index (Phi) is 5.88. The molecule has 1 atom stereocenters. The van der Waals surface area contributed by atoms with Crippen molar-refractivity contribution < 1.29 is 14.6 Å². The van der Waals surface area contributed by atoms with Crippen molar-refractivity contribution in [3.05, 3.63) is 0 Å². The Balaban J connectivity index is 2.15. The molecule has 1 unspecified atom stereocenters. The van der Waals surface area contributed by atoms with Crippen LogP contribution in [0.1, 0.15) is 26.2 Å². The molecule has 0 aromatic rings. The van der Waals surface area contributed by atoms with Gasteiger partial charge in [-0.15, -0.1) is 0 Å². The zero-order valence-electron chi connectivity index (χ0n) is 10.8. The second-order valence-corrected chi connectivity index (χ2v) is 4.86. The third-order valence-corrected chi connectivity index (χ3v) is 3.38. The minimum absolute atomic E-state index is 0.00171. The SMILES string of the molecule is COCCNC(=O)C(C)NCC1(CCO)CC1. The molecule has 0 spiro atoms. The predicted octanol–water partition coefficient (Wildman–Crippen LogP) is -0.110. The molecule has 1 amide bonds. The maximum atomic E-state index is 11.6. The van der Waals surface area contributed by atoms with Crippen LogP contribution in [0.5, 0.6) is 0 Å². The summed E-state index contributed by atoms with van der Waals surface area (Å²) < 4.78 is 4.87. The lowest BCUT2D eigenvalue weighted by Crippen LogP contribution is -2.45. The van der Waals surface area contributed by atoms with Crippen LogP contribution in [0.2, 0.25) is 0 Å². The van der Waals surface area contributed by atoms with Gasteiger partial charge in [0.15, 0.2) is 0 Å². The Bertz CT molecular complexity index is 242. The summed E-state index contributed by atoms with van der Waals surface area (Å²) in [6, 6.07) is -0.192. The summed E-state index contributed by atoms with van der Waals surface area (Å²) in [7, 11) is 1.61. The van der Waals surface area contributed by atoms with Crippen LogP contribution in [0.4, 0.5) is 0 Å². The Morgan fingerprint density at radius 2 is 2.24 bits per heavy atom. The normalized spacial score (nSPS) is 18.8. The number of carbonyl (C=O) groups excluding carboxylic acids is 1. The highest BCUT2D eigenvalue weighted by atomic mass is 16.5. The quantitative estimate of drug-likeness (QED) is 0.495. The van der Waals surface area contributed by atoms with Gasteiger partial charge in [-0.2, -0.15) is 0 Å². The van der Waals surface area contributed by atoms with E-state index < -0.39 is 0 Å². The first-order valence-electron chi connectivity index (χ1n) is 6.24. The second-order valence-electron chi connectivity index (χ2n) is 4.86. The van der Waals surface area contributed by atoms with E-state index in [1.165, 1.54) is 0 Å². The molecule has 0 aromatic carbocycles. The molecular formula is C12H24N2O3. The smallest absolute Gasteiger partial charge is 0.236 e. The van der Waals surface area contributed by atoms with E-state index in [-0.39, 0.29) is 24.0 Å². The summed E-state index contributed by atoms with van der Waals surface area (Å²) in [5, 5.41) is 15.0. The summed E-state index contributed by atoms with van der Waals surface area (Å²) in [4.78, 5) is 11.6. The van der Waals surface area contributed by atoms with Crippen LogP contribution in [0, 0.1) is 5.41 Å². The molecule has 0 aliphatic heterocycles. The number of hydrogen-bond acceptors (Lipinski definition) is 4. The van der Waals surface area contributed by atoms with E-state index >= 15 is 0 Å². The van der Waals surface area contributed by atoms with Crippen molar-refractivity contribution in [1.29, 1.82) is 0 Å². The van der Waals surface area contributed by atoms with E-state index in [0.717, 1.165) is 25.8 Å². The first-order chi connectivity index (χ1) is 8.13. The minimum Gasteiger partial charge on any atom is -0.396 e. The van der Waals surface area contributed by atoms with Gasteiger partial charge in [0.1, 0.15) is 0 Å². The topological polar surface area (TPSA) is 70.6 Å². The molecule has 1 fully saturated rings. The zero-order chi connectivity index (χ0) is 12.7. The molecule has 3 N–H and O–H groups in total. The number of amides is 1. The van der Waals surface area contributed by atoms with Crippen molar-refractivity contribution in [2.45, 2.75) is 32.2 Å². The highest BCUT2D eigenvalue weighted by Gasteiger charge is 2.41. The maximum absolute atomic E-state index is 11.6. The third kappa shape index (κ3) is 5.02. The molecule has 0 heterocycles. The lowest BCUT2D eigenvalue weighted by atomic mass is 10.0. The van der Waals surface area contributed by atoms with Crippen LogP contribution < -0.4 is 10.6 Å². The number of hydrogen-bond donors (Lipinski definition) is 3. The Morgan fingerprint density at radius 1 is 1.53 bits per heavy atom. The van der Waals surface area contributed by atoms with Gasteiger partial charge >= 0.3 is 0 Å². The monoisotopic (exact) mass is 244 g/mol. The number of nitrogens with one attached hydrogen (secondary N) is 2. The van der Waals surface area contributed by atoms with E-state index in [9.17, 15) is 4.79 Å². The van der Waals surface area contributed by atoms with Crippen LogP contribution in [0.15, 0.2) is 0 Å². The van der Waals surface area contributed by atoms with Gasteiger partial charge in [0.05, 0.1) is 12.6 Å². The van der Waals surface area contributed by atoms with E-state index in [1.807, 2.05) is 6.92 Å². The molecule has 0 bridgehead atoms.